The van der Waals surface area contributed by atoms with Gasteiger partial charge in [0.2, 0.25) is 0 Å². The van der Waals surface area contributed by atoms with E-state index in [9.17, 15) is 0 Å². The summed E-state index contributed by atoms with van der Waals surface area (Å²) in [5.41, 5.74) is 2.06. The molecule has 1 N–H and O–H groups in total. The first-order valence-corrected chi connectivity index (χ1v) is 6.26. The lowest BCUT2D eigenvalue weighted by Gasteiger charge is -2.04. The third-order valence-corrected chi connectivity index (χ3v) is 2.60. The summed E-state index contributed by atoms with van der Waals surface area (Å²) in [5.74, 6) is 0. The average Bonchev–Trinajstić information content (AvgIpc) is 2.83. The minimum absolute atomic E-state index is 0.462. The Morgan fingerprint density at radius 2 is 2.17 bits per heavy atom. The lowest BCUT2D eigenvalue weighted by Crippen LogP contribution is -2.21. The Bertz CT molecular complexity index is 463. The Morgan fingerprint density at radius 1 is 1.28 bits per heavy atom. The zero-order valence-corrected chi connectivity index (χ0v) is 10.9. The minimum atomic E-state index is 0.462. The molecule has 0 amide bonds. The molecule has 0 radical (unpaired) electrons. The molecule has 0 aromatic carbocycles. The van der Waals surface area contributed by atoms with Gasteiger partial charge in [-0.15, -0.1) is 5.10 Å². The van der Waals surface area contributed by atoms with Crippen molar-refractivity contribution in [3.05, 3.63) is 42.0 Å². The zero-order valence-electron chi connectivity index (χ0n) is 10.9. The molecule has 0 spiro atoms. The number of nitrogens with zero attached hydrogens (tertiary/aromatic N) is 4. The van der Waals surface area contributed by atoms with Crippen LogP contribution in [-0.2, 0) is 19.5 Å². The molecule has 2 aromatic heterocycles. The van der Waals surface area contributed by atoms with Crippen molar-refractivity contribution in [2.75, 3.05) is 0 Å². The van der Waals surface area contributed by atoms with Gasteiger partial charge in [-0.05, 0) is 12.1 Å². The summed E-state index contributed by atoms with van der Waals surface area (Å²) in [7, 11) is 0. The highest BCUT2D eigenvalue weighted by atomic mass is 15.4. The van der Waals surface area contributed by atoms with Gasteiger partial charge in [0.25, 0.3) is 0 Å². The quantitative estimate of drug-likeness (QED) is 0.836. The molecule has 0 aliphatic heterocycles. The van der Waals surface area contributed by atoms with Gasteiger partial charge in [0, 0.05) is 43.6 Å². The third-order valence-electron chi connectivity index (χ3n) is 2.60. The highest BCUT2D eigenvalue weighted by molar-refractivity contribution is 5.03. The summed E-state index contributed by atoms with van der Waals surface area (Å²) < 4.78 is 1.87. The van der Waals surface area contributed by atoms with Gasteiger partial charge in [-0.25, -0.2) is 0 Å². The largest absolute Gasteiger partial charge is 0.309 e. The van der Waals surface area contributed by atoms with E-state index in [-0.39, 0.29) is 0 Å². The van der Waals surface area contributed by atoms with Crippen molar-refractivity contribution in [2.24, 2.45) is 0 Å². The monoisotopic (exact) mass is 245 g/mol. The Kier molecular flexibility index (Phi) is 4.41. The number of hydrogen-bond donors (Lipinski definition) is 1. The summed E-state index contributed by atoms with van der Waals surface area (Å²) in [6.45, 7) is 5.81. The molecule has 5 heteroatoms. The number of rotatable bonds is 6. The number of nitrogens with one attached hydrogen (secondary N) is 1. The molecule has 0 saturated heterocycles. The summed E-state index contributed by atoms with van der Waals surface area (Å²) >= 11 is 0. The number of hydrogen-bond acceptors (Lipinski definition) is 4. The topological polar surface area (TPSA) is 55.6 Å². The lowest BCUT2D eigenvalue weighted by atomic mass is 10.3. The second kappa shape index (κ2) is 6.26. The molecule has 0 fully saturated rings. The number of pyridine rings is 1. The molecule has 2 rings (SSSR count). The summed E-state index contributed by atoms with van der Waals surface area (Å²) in [6, 6.07) is 6.41. The smallest absolute Gasteiger partial charge is 0.0964 e. The molecule has 2 aromatic rings. The van der Waals surface area contributed by atoms with Crippen LogP contribution in [0.5, 0.6) is 0 Å². The molecule has 0 bridgehead atoms. The predicted molar refractivity (Wildman–Crippen MR) is 69.9 cm³/mol. The van der Waals surface area contributed by atoms with Gasteiger partial charge in [-0.3, -0.25) is 9.67 Å². The highest BCUT2D eigenvalue weighted by Gasteiger charge is 2.02. The first-order valence-electron chi connectivity index (χ1n) is 6.26. The van der Waals surface area contributed by atoms with E-state index in [1.165, 1.54) is 0 Å². The normalized spacial score (nSPS) is 11.1. The number of aromatic nitrogens is 4. The Hall–Kier alpha value is -1.75. The third kappa shape index (κ3) is 3.92. The van der Waals surface area contributed by atoms with E-state index in [1.807, 2.05) is 35.3 Å². The Labute approximate surface area is 107 Å². The van der Waals surface area contributed by atoms with Crippen LogP contribution in [0.15, 0.2) is 30.6 Å². The van der Waals surface area contributed by atoms with Gasteiger partial charge in [0.05, 0.1) is 5.69 Å². The molecule has 0 saturated carbocycles. The van der Waals surface area contributed by atoms with Crippen molar-refractivity contribution < 1.29 is 0 Å². The van der Waals surface area contributed by atoms with Crippen LogP contribution in [0.2, 0.25) is 0 Å². The van der Waals surface area contributed by atoms with Crippen molar-refractivity contribution in [1.82, 2.24) is 25.3 Å². The summed E-state index contributed by atoms with van der Waals surface area (Å²) in [4.78, 5) is 4.29. The molecule has 0 aliphatic rings. The van der Waals surface area contributed by atoms with Crippen molar-refractivity contribution in [1.29, 1.82) is 0 Å². The second-order valence-corrected chi connectivity index (χ2v) is 4.58. The van der Waals surface area contributed by atoms with Crippen LogP contribution in [0.1, 0.15) is 25.2 Å². The van der Waals surface area contributed by atoms with Gasteiger partial charge in [0.1, 0.15) is 0 Å². The van der Waals surface area contributed by atoms with Gasteiger partial charge in [-0.1, -0.05) is 25.1 Å². The van der Waals surface area contributed by atoms with E-state index in [1.54, 1.807) is 0 Å². The van der Waals surface area contributed by atoms with Crippen molar-refractivity contribution in [3.8, 4) is 0 Å². The van der Waals surface area contributed by atoms with E-state index in [0.717, 1.165) is 30.9 Å². The summed E-state index contributed by atoms with van der Waals surface area (Å²) in [5, 5.41) is 11.6. The average molecular weight is 245 g/mol. The van der Waals surface area contributed by atoms with Gasteiger partial charge < -0.3 is 5.32 Å². The van der Waals surface area contributed by atoms with Crippen LogP contribution >= 0.6 is 0 Å². The Morgan fingerprint density at radius 3 is 2.89 bits per heavy atom. The molecule has 5 nitrogen and oxygen atoms in total. The maximum Gasteiger partial charge on any atom is 0.0964 e. The molecule has 18 heavy (non-hydrogen) atoms. The SMILES string of the molecule is CC(C)NCc1cn(CCc2ccccn2)nn1. The molecular formula is C13H19N5. The lowest BCUT2D eigenvalue weighted by molar-refractivity contribution is 0.578. The molecule has 96 valence electrons. The fourth-order valence-electron chi connectivity index (χ4n) is 1.61. The molecule has 0 atom stereocenters. The van der Waals surface area contributed by atoms with E-state index >= 15 is 0 Å². The first kappa shape index (κ1) is 12.7. The maximum absolute atomic E-state index is 4.29. The molecule has 0 aliphatic carbocycles. The first-order chi connectivity index (χ1) is 8.74. The van der Waals surface area contributed by atoms with Crippen molar-refractivity contribution >= 4 is 0 Å². The van der Waals surface area contributed by atoms with Gasteiger partial charge >= 0.3 is 0 Å². The van der Waals surface area contributed by atoms with Crippen molar-refractivity contribution in [2.45, 2.75) is 39.4 Å². The van der Waals surface area contributed by atoms with Crippen LogP contribution in [0.4, 0.5) is 0 Å². The van der Waals surface area contributed by atoms with Crippen LogP contribution in [0.3, 0.4) is 0 Å². The summed E-state index contributed by atoms with van der Waals surface area (Å²) in [6.07, 6.45) is 4.67. The van der Waals surface area contributed by atoms with Crippen LogP contribution in [0, 0.1) is 0 Å². The zero-order chi connectivity index (χ0) is 12.8. The fourth-order valence-corrected chi connectivity index (χ4v) is 1.61. The van der Waals surface area contributed by atoms with Crippen LogP contribution in [0.25, 0.3) is 0 Å². The standard InChI is InChI=1S/C13H19N5/c1-11(2)15-9-13-10-18(17-16-13)8-6-12-5-3-4-7-14-12/h3-5,7,10-11,15H,6,8-9H2,1-2H3. The maximum atomic E-state index is 4.29. The number of aryl methyl sites for hydroxylation is 2. The van der Waals surface area contributed by atoms with E-state index in [2.05, 4.69) is 34.5 Å². The van der Waals surface area contributed by atoms with E-state index < -0.39 is 0 Å². The van der Waals surface area contributed by atoms with Crippen molar-refractivity contribution in [3.63, 3.8) is 0 Å². The van der Waals surface area contributed by atoms with Crippen LogP contribution < -0.4 is 5.32 Å². The van der Waals surface area contributed by atoms with E-state index in [4.69, 9.17) is 0 Å². The van der Waals surface area contributed by atoms with Gasteiger partial charge in [-0.2, -0.15) is 0 Å². The molecule has 2 heterocycles. The van der Waals surface area contributed by atoms with Gasteiger partial charge in [0.15, 0.2) is 0 Å². The van der Waals surface area contributed by atoms with E-state index in [0.29, 0.717) is 6.04 Å². The predicted octanol–water partition coefficient (Wildman–Crippen LogP) is 1.41. The fraction of sp³-hybridized carbons (Fsp3) is 0.462. The highest BCUT2D eigenvalue weighted by Crippen LogP contribution is 1.99. The minimum Gasteiger partial charge on any atom is -0.309 e. The second-order valence-electron chi connectivity index (χ2n) is 4.58. The Balaban J connectivity index is 1.83. The molecular weight excluding hydrogens is 226 g/mol. The molecule has 0 unspecified atom stereocenters. The van der Waals surface area contributed by atoms with Crippen LogP contribution in [-0.4, -0.2) is 26.0 Å².